The molecule has 1 aromatic rings. The first kappa shape index (κ1) is 15.4. The van der Waals surface area contributed by atoms with E-state index in [0.717, 1.165) is 11.3 Å². The molecule has 1 aromatic heterocycles. The zero-order chi connectivity index (χ0) is 13.9. The fourth-order valence-corrected chi connectivity index (χ4v) is 3.99. The molecular formula is C9H14ClN3O3S2. The van der Waals surface area contributed by atoms with E-state index in [2.05, 4.69) is 9.71 Å². The molecule has 0 bridgehead atoms. The van der Waals surface area contributed by atoms with E-state index in [1.54, 1.807) is 21.0 Å². The van der Waals surface area contributed by atoms with E-state index in [-0.39, 0.29) is 27.5 Å². The molecule has 1 rings (SSSR count). The van der Waals surface area contributed by atoms with Crippen LogP contribution in [0.3, 0.4) is 0 Å². The minimum absolute atomic E-state index is 0.0499. The summed E-state index contributed by atoms with van der Waals surface area (Å²) in [5.41, 5.74) is 0.358. The Kier molecular flexibility index (Phi) is 5.09. The largest absolute Gasteiger partial charge is 0.349 e. The Bertz CT molecular complexity index is 539. The Morgan fingerprint density at radius 1 is 1.50 bits per heavy atom. The van der Waals surface area contributed by atoms with Crippen molar-refractivity contribution in [3.8, 4) is 0 Å². The molecule has 0 radical (unpaired) electrons. The van der Waals surface area contributed by atoms with Crippen molar-refractivity contribution in [2.45, 2.75) is 17.6 Å². The molecule has 1 heterocycles. The Morgan fingerprint density at radius 3 is 2.56 bits per heavy atom. The summed E-state index contributed by atoms with van der Waals surface area (Å²) in [6, 6.07) is 0. The third-order valence-electron chi connectivity index (χ3n) is 2.10. The molecule has 0 aliphatic carbocycles. The summed E-state index contributed by atoms with van der Waals surface area (Å²) < 4.78 is 26.4. The molecule has 9 heteroatoms. The Balaban J connectivity index is 2.67. The highest BCUT2D eigenvalue weighted by Gasteiger charge is 2.21. The maximum absolute atomic E-state index is 11.9. The highest BCUT2D eigenvalue weighted by Crippen LogP contribution is 2.26. The van der Waals surface area contributed by atoms with Gasteiger partial charge in [-0.15, -0.1) is 0 Å². The monoisotopic (exact) mass is 311 g/mol. The molecule has 18 heavy (non-hydrogen) atoms. The molecule has 1 N–H and O–H groups in total. The number of aromatic nitrogens is 1. The summed E-state index contributed by atoms with van der Waals surface area (Å²) in [7, 11) is -0.411. The molecule has 0 unspecified atom stereocenters. The smallest absolute Gasteiger partial charge is 0.251 e. The second-order valence-corrected chi connectivity index (χ2v) is 7.32. The standard InChI is InChI=1S/C9H14ClN3O3S2/c1-6-8(17-9(10)12-6)18(15,16)11-5-4-7(14)13(2)3/h11H,4-5H2,1-3H3. The van der Waals surface area contributed by atoms with Crippen LogP contribution in [0.15, 0.2) is 4.21 Å². The maximum atomic E-state index is 11.9. The van der Waals surface area contributed by atoms with Crippen LogP contribution >= 0.6 is 22.9 Å². The summed E-state index contributed by atoms with van der Waals surface area (Å²) >= 11 is 6.55. The molecule has 0 aromatic carbocycles. The molecule has 0 fully saturated rings. The average molecular weight is 312 g/mol. The van der Waals surface area contributed by atoms with Gasteiger partial charge in [0.2, 0.25) is 5.91 Å². The zero-order valence-electron chi connectivity index (χ0n) is 10.2. The summed E-state index contributed by atoms with van der Waals surface area (Å²) in [4.78, 5) is 16.5. The molecule has 0 saturated carbocycles. The van der Waals surface area contributed by atoms with Crippen LogP contribution in [0.5, 0.6) is 0 Å². The first-order chi connectivity index (χ1) is 8.24. The SMILES string of the molecule is Cc1nc(Cl)sc1S(=O)(=O)NCCC(=O)N(C)C. The number of sulfonamides is 1. The number of aryl methyl sites for hydroxylation is 1. The summed E-state index contributed by atoms with van der Waals surface area (Å²) in [5.74, 6) is -0.142. The van der Waals surface area contributed by atoms with Crippen molar-refractivity contribution in [2.24, 2.45) is 0 Å². The normalized spacial score (nSPS) is 11.6. The highest BCUT2D eigenvalue weighted by molar-refractivity contribution is 7.91. The molecule has 0 aliphatic rings. The van der Waals surface area contributed by atoms with Crippen LogP contribution in [0.1, 0.15) is 12.1 Å². The molecule has 0 saturated heterocycles. The minimum atomic E-state index is -3.64. The summed E-state index contributed by atoms with van der Waals surface area (Å²) in [5, 5.41) is 0. The fraction of sp³-hybridized carbons (Fsp3) is 0.556. The Labute approximate surface area is 115 Å². The van der Waals surface area contributed by atoms with Crippen LogP contribution < -0.4 is 4.72 Å². The molecule has 6 nitrogen and oxygen atoms in total. The van der Waals surface area contributed by atoms with E-state index in [1.807, 2.05) is 0 Å². The summed E-state index contributed by atoms with van der Waals surface area (Å²) in [6.45, 7) is 1.62. The number of nitrogens with zero attached hydrogens (tertiary/aromatic N) is 2. The van der Waals surface area contributed by atoms with Crippen molar-refractivity contribution in [3.05, 3.63) is 10.2 Å². The van der Waals surface area contributed by atoms with Gasteiger partial charge in [-0.2, -0.15) is 0 Å². The quantitative estimate of drug-likeness (QED) is 0.875. The molecule has 1 amide bonds. The minimum Gasteiger partial charge on any atom is -0.349 e. The third kappa shape index (κ3) is 3.91. The van der Waals surface area contributed by atoms with Gasteiger partial charge in [-0.3, -0.25) is 4.79 Å². The topological polar surface area (TPSA) is 79.4 Å². The molecule has 102 valence electrons. The van der Waals surface area contributed by atoms with Gasteiger partial charge in [-0.25, -0.2) is 18.1 Å². The predicted molar refractivity (Wildman–Crippen MR) is 70.4 cm³/mol. The van der Waals surface area contributed by atoms with Crippen LogP contribution in [0.2, 0.25) is 4.47 Å². The van der Waals surface area contributed by atoms with E-state index in [1.165, 1.54) is 4.90 Å². The third-order valence-corrected chi connectivity index (χ3v) is 5.43. The van der Waals surface area contributed by atoms with Gasteiger partial charge >= 0.3 is 0 Å². The second kappa shape index (κ2) is 5.96. The van der Waals surface area contributed by atoms with Crippen molar-refractivity contribution in [1.82, 2.24) is 14.6 Å². The van der Waals surface area contributed by atoms with Crippen molar-refractivity contribution in [2.75, 3.05) is 20.6 Å². The lowest BCUT2D eigenvalue weighted by molar-refractivity contribution is -0.128. The van der Waals surface area contributed by atoms with Crippen molar-refractivity contribution >= 4 is 38.9 Å². The van der Waals surface area contributed by atoms with Crippen molar-refractivity contribution < 1.29 is 13.2 Å². The molecule has 0 spiro atoms. The molecular weight excluding hydrogens is 298 g/mol. The van der Waals surface area contributed by atoms with Gasteiger partial charge in [-0.05, 0) is 6.92 Å². The number of carbonyl (C=O) groups is 1. The van der Waals surface area contributed by atoms with E-state index in [0.29, 0.717) is 5.69 Å². The second-order valence-electron chi connectivity index (χ2n) is 3.78. The number of carbonyl (C=O) groups excluding carboxylic acids is 1. The maximum Gasteiger partial charge on any atom is 0.251 e. The number of amides is 1. The Morgan fingerprint density at radius 2 is 2.11 bits per heavy atom. The van der Waals surface area contributed by atoms with Gasteiger partial charge < -0.3 is 4.90 Å². The summed E-state index contributed by atoms with van der Waals surface area (Å²) in [6.07, 6.45) is 0.109. The van der Waals surface area contributed by atoms with E-state index in [9.17, 15) is 13.2 Å². The predicted octanol–water partition coefficient (Wildman–Crippen LogP) is 0.862. The number of hydrogen-bond acceptors (Lipinski definition) is 5. The zero-order valence-corrected chi connectivity index (χ0v) is 12.6. The van der Waals surface area contributed by atoms with Gasteiger partial charge in [0.15, 0.2) is 8.68 Å². The molecule has 0 atom stereocenters. The van der Waals surface area contributed by atoms with Crippen molar-refractivity contribution in [1.29, 1.82) is 0 Å². The van der Waals surface area contributed by atoms with Crippen molar-refractivity contribution in [3.63, 3.8) is 0 Å². The average Bonchev–Trinajstić information content (AvgIpc) is 2.58. The number of thiazole rings is 1. The van der Waals surface area contributed by atoms with E-state index >= 15 is 0 Å². The Hall–Kier alpha value is -0.700. The number of nitrogens with one attached hydrogen (secondary N) is 1. The van der Waals surface area contributed by atoms with Crippen LogP contribution in [0.25, 0.3) is 0 Å². The lowest BCUT2D eigenvalue weighted by Gasteiger charge is -2.10. The van der Waals surface area contributed by atoms with Crippen LogP contribution in [-0.4, -0.2) is 44.8 Å². The first-order valence-electron chi connectivity index (χ1n) is 5.07. The van der Waals surface area contributed by atoms with E-state index < -0.39 is 10.0 Å². The molecule has 0 aliphatic heterocycles. The highest BCUT2D eigenvalue weighted by atomic mass is 35.5. The number of rotatable bonds is 5. The van der Waals surface area contributed by atoms with Gasteiger partial charge in [-0.1, -0.05) is 22.9 Å². The van der Waals surface area contributed by atoms with Gasteiger partial charge in [0.1, 0.15) is 0 Å². The lowest BCUT2D eigenvalue weighted by Crippen LogP contribution is -2.30. The van der Waals surface area contributed by atoms with Gasteiger partial charge in [0, 0.05) is 27.1 Å². The first-order valence-corrected chi connectivity index (χ1v) is 7.74. The van der Waals surface area contributed by atoms with Crippen LogP contribution in [0, 0.1) is 6.92 Å². The number of hydrogen-bond donors (Lipinski definition) is 1. The van der Waals surface area contributed by atoms with Gasteiger partial charge in [0.25, 0.3) is 10.0 Å². The van der Waals surface area contributed by atoms with E-state index in [4.69, 9.17) is 11.6 Å². The number of halogens is 1. The fourth-order valence-electron chi connectivity index (χ4n) is 1.18. The van der Waals surface area contributed by atoms with Crippen LogP contribution in [-0.2, 0) is 14.8 Å². The van der Waals surface area contributed by atoms with Gasteiger partial charge in [0.05, 0.1) is 5.69 Å². The lowest BCUT2D eigenvalue weighted by atomic mass is 10.4. The van der Waals surface area contributed by atoms with Crippen LogP contribution in [0.4, 0.5) is 0 Å².